The molecular formula is C42H40N8O8. The number of nitrogens with zero attached hydrogens (tertiary/aromatic N) is 3. The van der Waals surface area contributed by atoms with Gasteiger partial charge >= 0.3 is 0 Å². The zero-order valence-corrected chi connectivity index (χ0v) is 31.4. The van der Waals surface area contributed by atoms with Crippen LogP contribution < -0.4 is 31.3 Å². The number of carbonyl (C=O) groups is 6. The maximum Gasteiger partial charge on any atom is 0.269 e. The number of pyridine rings is 2. The molecule has 58 heavy (non-hydrogen) atoms. The molecule has 6 amide bonds. The Morgan fingerprint density at radius 2 is 1.64 bits per heavy atom. The van der Waals surface area contributed by atoms with Crippen molar-refractivity contribution in [3.05, 3.63) is 114 Å². The summed E-state index contributed by atoms with van der Waals surface area (Å²) >= 11 is 0. The summed E-state index contributed by atoms with van der Waals surface area (Å²) in [5.74, 6) is -2.66. The molecule has 1 saturated heterocycles. The van der Waals surface area contributed by atoms with Crippen molar-refractivity contribution in [1.29, 1.82) is 0 Å². The van der Waals surface area contributed by atoms with Gasteiger partial charge in [0.1, 0.15) is 17.7 Å². The van der Waals surface area contributed by atoms with Gasteiger partial charge in [0.25, 0.3) is 29.5 Å². The number of hydrogen-bond acceptors (Lipinski definition) is 11. The van der Waals surface area contributed by atoms with E-state index in [-0.39, 0.29) is 53.1 Å². The first-order chi connectivity index (χ1) is 28.1. The molecule has 16 nitrogen and oxygen atoms in total. The number of fused-ring (bicyclic) bond motifs is 2. The highest BCUT2D eigenvalue weighted by molar-refractivity contribution is 6.23. The van der Waals surface area contributed by atoms with Crippen molar-refractivity contribution in [2.75, 3.05) is 32.1 Å². The van der Waals surface area contributed by atoms with Gasteiger partial charge in [-0.25, -0.2) is 0 Å². The summed E-state index contributed by atoms with van der Waals surface area (Å²) in [5, 5.41) is 25.0. The molecule has 3 aromatic carbocycles. The van der Waals surface area contributed by atoms with Crippen LogP contribution in [0, 0.1) is 0 Å². The standard InChI is InChI=1S/C42H40N8O8/c1-43-38(53)29-22-47-30-14-12-24(20-28(30)37(29)48-26-8-3-2-4-9-26)25-13-15-31(46-21-25)39(54)45-19-6-5-18-44-35(52)23-58-33-11-7-10-27-36(33)42(57)50(41(27)56)32-16-17-34(51)49-40(32)55/h2-4,7-15,20-22,32,40,55H,5-6,16-19,23H2,1H3,(H,43,53)(H,44,52)(H,45,54)(H,47,48)(H,49,51). The topological polar surface area (TPSA) is 221 Å². The molecule has 4 heterocycles. The summed E-state index contributed by atoms with van der Waals surface area (Å²) in [7, 11) is 1.57. The lowest BCUT2D eigenvalue weighted by atomic mass is 10.0. The normalized spacial score (nSPS) is 16.0. The van der Waals surface area contributed by atoms with Crippen LogP contribution in [-0.2, 0) is 9.59 Å². The second-order valence-corrected chi connectivity index (χ2v) is 13.7. The van der Waals surface area contributed by atoms with Gasteiger partial charge in [0, 0.05) is 55.6 Å². The summed E-state index contributed by atoms with van der Waals surface area (Å²) in [6, 6.07) is 22.2. The van der Waals surface area contributed by atoms with Gasteiger partial charge in [-0.15, -0.1) is 0 Å². The number of ether oxygens (including phenoxy) is 1. The molecule has 0 bridgehead atoms. The summed E-state index contributed by atoms with van der Waals surface area (Å²) < 4.78 is 5.64. The molecular weight excluding hydrogens is 745 g/mol. The van der Waals surface area contributed by atoms with Crippen LogP contribution in [0.4, 0.5) is 11.4 Å². The Bertz CT molecular complexity index is 2410. The van der Waals surface area contributed by atoms with Crippen LogP contribution in [-0.4, -0.2) is 94.4 Å². The van der Waals surface area contributed by atoms with Gasteiger partial charge in [-0.2, -0.15) is 0 Å². The summed E-state index contributed by atoms with van der Waals surface area (Å²) in [4.78, 5) is 85.9. The zero-order valence-electron chi connectivity index (χ0n) is 31.4. The lowest BCUT2D eigenvalue weighted by Crippen LogP contribution is -2.57. The van der Waals surface area contributed by atoms with E-state index in [4.69, 9.17) is 4.74 Å². The fourth-order valence-electron chi connectivity index (χ4n) is 6.88. The third-order valence-electron chi connectivity index (χ3n) is 9.86. The number of imide groups is 1. The monoisotopic (exact) mass is 784 g/mol. The molecule has 2 aromatic heterocycles. The first-order valence-electron chi connectivity index (χ1n) is 18.7. The fourth-order valence-corrected chi connectivity index (χ4v) is 6.88. The number of aliphatic hydroxyl groups is 1. The van der Waals surface area contributed by atoms with Crippen LogP contribution in [0.5, 0.6) is 5.75 Å². The highest BCUT2D eigenvalue weighted by Crippen LogP contribution is 2.35. The molecule has 7 rings (SSSR count). The second-order valence-electron chi connectivity index (χ2n) is 13.7. The first-order valence-corrected chi connectivity index (χ1v) is 18.7. The first kappa shape index (κ1) is 39.1. The van der Waals surface area contributed by atoms with Gasteiger partial charge in [0.05, 0.1) is 33.9 Å². The largest absolute Gasteiger partial charge is 0.483 e. The Kier molecular flexibility index (Phi) is 11.6. The van der Waals surface area contributed by atoms with Crippen LogP contribution in [0.15, 0.2) is 91.3 Å². The maximum absolute atomic E-state index is 13.3. The number of carbonyl (C=O) groups excluding carboxylic acids is 6. The number of amides is 6. The van der Waals surface area contributed by atoms with Gasteiger partial charge in [0.15, 0.2) is 6.61 Å². The predicted molar refractivity (Wildman–Crippen MR) is 212 cm³/mol. The summed E-state index contributed by atoms with van der Waals surface area (Å²) in [5.41, 5.74) is 4.44. The third-order valence-corrected chi connectivity index (χ3v) is 9.86. The van der Waals surface area contributed by atoms with Gasteiger partial charge in [-0.3, -0.25) is 43.6 Å². The van der Waals surface area contributed by atoms with Crippen molar-refractivity contribution in [2.24, 2.45) is 0 Å². The van der Waals surface area contributed by atoms with Crippen LogP contribution >= 0.6 is 0 Å². The molecule has 0 spiro atoms. The summed E-state index contributed by atoms with van der Waals surface area (Å²) in [6.45, 7) is 0.250. The van der Waals surface area contributed by atoms with Crippen molar-refractivity contribution in [3.8, 4) is 16.9 Å². The average Bonchev–Trinajstić information content (AvgIpc) is 3.50. The highest BCUT2D eigenvalue weighted by atomic mass is 16.5. The van der Waals surface area contributed by atoms with Crippen molar-refractivity contribution in [2.45, 2.75) is 38.0 Å². The average molecular weight is 785 g/mol. The molecule has 6 N–H and O–H groups in total. The molecule has 0 aliphatic carbocycles. The number of piperidine rings is 1. The Balaban J connectivity index is 0.878. The van der Waals surface area contributed by atoms with Crippen LogP contribution in [0.2, 0.25) is 0 Å². The molecule has 2 aliphatic heterocycles. The number of anilines is 2. The number of rotatable bonds is 14. The van der Waals surface area contributed by atoms with Crippen molar-refractivity contribution >= 4 is 57.7 Å². The van der Waals surface area contributed by atoms with Gasteiger partial charge in [0.2, 0.25) is 5.91 Å². The molecule has 0 radical (unpaired) electrons. The smallest absolute Gasteiger partial charge is 0.269 e. The molecule has 2 aliphatic rings. The van der Waals surface area contributed by atoms with Crippen molar-refractivity contribution in [3.63, 3.8) is 0 Å². The van der Waals surface area contributed by atoms with E-state index >= 15 is 0 Å². The Morgan fingerprint density at radius 1 is 0.862 bits per heavy atom. The number of para-hydroxylation sites is 1. The van der Waals surface area contributed by atoms with E-state index in [0.29, 0.717) is 42.7 Å². The minimum Gasteiger partial charge on any atom is -0.483 e. The van der Waals surface area contributed by atoms with E-state index in [0.717, 1.165) is 27.1 Å². The van der Waals surface area contributed by atoms with E-state index < -0.39 is 36.6 Å². The van der Waals surface area contributed by atoms with Crippen LogP contribution in [0.3, 0.4) is 0 Å². The number of unbranched alkanes of at least 4 members (excludes halogenated alkanes) is 1. The minimum atomic E-state index is -1.39. The second kappa shape index (κ2) is 17.3. The SMILES string of the molecule is CNC(=O)c1cnc2ccc(-c3ccc(C(=O)NCCCCNC(=O)COc4cccc5c4C(=O)N(C4CCC(=O)NC4O)C5=O)nc3)cc2c1Nc1ccccc1. The Labute approximate surface area is 332 Å². The van der Waals surface area contributed by atoms with Crippen molar-refractivity contribution in [1.82, 2.24) is 36.1 Å². The van der Waals surface area contributed by atoms with Crippen LogP contribution in [0.1, 0.15) is 67.2 Å². The van der Waals surface area contributed by atoms with Crippen LogP contribution in [0.25, 0.3) is 22.0 Å². The van der Waals surface area contributed by atoms with Gasteiger partial charge < -0.3 is 36.4 Å². The van der Waals surface area contributed by atoms with E-state index in [2.05, 4.69) is 36.6 Å². The predicted octanol–water partition coefficient (Wildman–Crippen LogP) is 3.30. The molecule has 1 fully saturated rings. The highest BCUT2D eigenvalue weighted by Gasteiger charge is 2.45. The number of nitrogens with one attached hydrogen (secondary N) is 5. The molecule has 16 heteroatoms. The lowest BCUT2D eigenvalue weighted by molar-refractivity contribution is -0.129. The third kappa shape index (κ3) is 8.31. The number of hydrogen-bond donors (Lipinski definition) is 6. The molecule has 296 valence electrons. The van der Waals surface area contributed by atoms with E-state index in [9.17, 15) is 33.9 Å². The van der Waals surface area contributed by atoms with E-state index in [1.807, 2.05) is 48.5 Å². The van der Waals surface area contributed by atoms with Crippen molar-refractivity contribution < 1.29 is 38.6 Å². The van der Waals surface area contributed by atoms with Gasteiger partial charge in [-0.1, -0.05) is 36.4 Å². The Morgan fingerprint density at radius 3 is 2.38 bits per heavy atom. The molecule has 0 saturated carbocycles. The van der Waals surface area contributed by atoms with Gasteiger partial charge in [-0.05, 0) is 67.3 Å². The molecule has 2 unspecified atom stereocenters. The minimum absolute atomic E-state index is 0.00113. The fraction of sp³-hybridized carbons (Fsp3) is 0.238. The number of benzene rings is 3. The lowest BCUT2D eigenvalue weighted by Gasteiger charge is -2.33. The Hall–Kier alpha value is -7.20. The number of aromatic nitrogens is 2. The molecule has 2 atom stereocenters. The summed E-state index contributed by atoms with van der Waals surface area (Å²) in [6.07, 6.45) is 3.08. The number of aliphatic hydroxyl groups excluding tert-OH is 1. The molecule has 5 aromatic rings. The van der Waals surface area contributed by atoms with E-state index in [1.165, 1.54) is 18.2 Å². The van der Waals surface area contributed by atoms with E-state index in [1.54, 1.807) is 31.6 Å². The quantitative estimate of drug-likeness (QED) is 0.0709. The zero-order chi connectivity index (χ0) is 40.8. The maximum atomic E-state index is 13.3.